The van der Waals surface area contributed by atoms with E-state index in [1.807, 2.05) is 54.3 Å². The molecule has 1 aliphatic rings. The summed E-state index contributed by atoms with van der Waals surface area (Å²) in [5.41, 5.74) is 3.10. The maximum Gasteiger partial charge on any atom is 0.231 e. The lowest BCUT2D eigenvalue weighted by atomic mass is 10.1. The summed E-state index contributed by atoms with van der Waals surface area (Å²) in [7, 11) is 0. The van der Waals surface area contributed by atoms with Crippen LogP contribution in [0.25, 0.3) is 0 Å². The van der Waals surface area contributed by atoms with Crippen LogP contribution in [0, 0.1) is 6.92 Å². The lowest BCUT2D eigenvalue weighted by Gasteiger charge is -2.29. The van der Waals surface area contributed by atoms with Gasteiger partial charge >= 0.3 is 0 Å². The van der Waals surface area contributed by atoms with Crippen LogP contribution < -0.4 is 9.64 Å². The molecule has 0 saturated carbocycles. The number of carbonyl (C=O) groups is 1. The van der Waals surface area contributed by atoms with Gasteiger partial charge in [-0.25, -0.2) is 0 Å². The summed E-state index contributed by atoms with van der Waals surface area (Å²) in [6.45, 7) is 3.20. The van der Waals surface area contributed by atoms with Crippen molar-refractivity contribution in [3.63, 3.8) is 0 Å². The minimum Gasteiger partial charge on any atom is -0.490 e. The first kappa shape index (κ1) is 12.7. The lowest BCUT2D eigenvalue weighted by molar-refractivity contribution is -0.118. The topological polar surface area (TPSA) is 29.5 Å². The van der Waals surface area contributed by atoms with Gasteiger partial charge in [0.25, 0.3) is 0 Å². The molecule has 2 aromatic carbocycles. The van der Waals surface area contributed by atoms with Crippen LogP contribution in [0.3, 0.4) is 0 Å². The van der Waals surface area contributed by atoms with Gasteiger partial charge in [-0.3, -0.25) is 4.79 Å². The Morgan fingerprint density at radius 1 is 1.20 bits per heavy atom. The fourth-order valence-corrected chi connectivity index (χ4v) is 2.52. The Balaban J connectivity index is 1.82. The summed E-state index contributed by atoms with van der Waals surface area (Å²) in [4.78, 5) is 14.3. The molecule has 0 bridgehead atoms. The van der Waals surface area contributed by atoms with E-state index in [4.69, 9.17) is 4.74 Å². The number of benzene rings is 2. The van der Waals surface area contributed by atoms with Gasteiger partial charge in [0, 0.05) is 0 Å². The number of hydrogen-bond acceptors (Lipinski definition) is 2. The molecule has 1 amide bonds. The molecule has 3 rings (SSSR count). The fourth-order valence-electron chi connectivity index (χ4n) is 2.52. The Hall–Kier alpha value is -2.29. The maximum absolute atomic E-state index is 12.5. The van der Waals surface area contributed by atoms with E-state index in [1.54, 1.807) is 0 Å². The number of ether oxygens (including phenoxy) is 1. The number of rotatable bonds is 2. The first-order valence-corrected chi connectivity index (χ1v) is 6.82. The van der Waals surface area contributed by atoms with Crippen molar-refractivity contribution >= 4 is 11.6 Å². The van der Waals surface area contributed by atoms with E-state index >= 15 is 0 Å². The van der Waals surface area contributed by atoms with Gasteiger partial charge in [-0.05, 0) is 24.6 Å². The van der Waals surface area contributed by atoms with Crippen LogP contribution in [0.15, 0.2) is 48.5 Å². The molecule has 0 atom stereocenters. The fraction of sp³-hybridized carbons (Fsp3) is 0.235. The quantitative estimate of drug-likeness (QED) is 0.837. The molecule has 0 radical (unpaired) electrons. The first-order valence-electron chi connectivity index (χ1n) is 6.82. The first-order chi connectivity index (χ1) is 9.74. The molecule has 3 nitrogen and oxygen atoms in total. The van der Waals surface area contributed by atoms with Gasteiger partial charge < -0.3 is 9.64 Å². The van der Waals surface area contributed by atoms with Crippen molar-refractivity contribution in [2.24, 2.45) is 0 Å². The average Bonchev–Trinajstić information content (AvgIpc) is 2.46. The van der Waals surface area contributed by atoms with Crippen LogP contribution in [0.4, 0.5) is 5.69 Å². The van der Waals surface area contributed by atoms with E-state index in [1.165, 1.54) is 5.56 Å². The summed E-state index contributed by atoms with van der Waals surface area (Å²) < 4.78 is 5.58. The van der Waals surface area contributed by atoms with Gasteiger partial charge in [0.15, 0.2) is 0 Å². The predicted octanol–water partition coefficient (Wildman–Crippen LogP) is 2.96. The molecule has 3 heteroatoms. The third-order valence-corrected chi connectivity index (χ3v) is 3.47. The highest BCUT2D eigenvalue weighted by molar-refractivity contribution is 5.96. The molecule has 0 saturated heterocycles. The summed E-state index contributed by atoms with van der Waals surface area (Å²) in [6.07, 6.45) is 0.427. The highest BCUT2D eigenvalue weighted by Crippen LogP contribution is 2.31. The van der Waals surface area contributed by atoms with Gasteiger partial charge in [-0.15, -0.1) is 0 Å². The third kappa shape index (κ3) is 2.52. The Bertz CT molecular complexity index is 636. The molecule has 102 valence electrons. The lowest BCUT2D eigenvalue weighted by Crippen LogP contribution is -2.38. The van der Waals surface area contributed by atoms with Crippen molar-refractivity contribution in [2.75, 3.05) is 18.1 Å². The van der Waals surface area contributed by atoms with Crippen LogP contribution in [-0.4, -0.2) is 19.1 Å². The largest absolute Gasteiger partial charge is 0.490 e. The Morgan fingerprint density at radius 2 is 2.05 bits per heavy atom. The molecular formula is C17H17NO2. The number of carbonyl (C=O) groups excluding carboxylic acids is 1. The predicted molar refractivity (Wildman–Crippen MR) is 79.2 cm³/mol. The standard InChI is InChI=1S/C17H17NO2/c1-13-5-4-6-14(11-13)12-17(19)18-9-10-20-16-8-3-2-7-15(16)18/h2-8,11H,9-10,12H2,1H3. The number of para-hydroxylation sites is 2. The highest BCUT2D eigenvalue weighted by atomic mass is 16.5. The summed E-state index contributed by atoms with van der Waals surface area (Å²) in [5.74, 6) is 0.905. The molecule has 1 heterocycles. The number of nitrogens with zero attached hydrogens (tertiary/aromatic N) is 1. The molecule has 2 aromatic rings. The van der Waals surface area contributed by atoms with Crippen molar-refractivity contribution in [3.05, 3.63) is 59.7 Å². The third-order valence-electron chi connectivity index (χ3n) is 3.47. The SMILES string of the molecule is Cc1cccc(CC(=O)N2CCOc3ccccc32)c1. The second-order valence-electron chi connectivity index (χ2n) is 5.03. The van der Waals surface area contributed by atoms with Gasteiger partial charge in [0.1, 0.15) is 12.4 Å². The Morgan fingerprint density at radius 3 is 2.90 bits per heavy atom. The maximum atomic E-state index is 12.5. The van der Waals surface area contributed by atoms with Gasteiger partial charge in [-0.1, -0.05) is 42.0 Å². The van der Waals surface area contributed by atoms with Gasteiger partial charge in [0.05, 0.1) is 18.7 Å². The second-order valence-corrected chi connectivity index (χ2v) is 5.03. The second kappa shape index (κ2) is 5.37. The molecule has 0 aliphatic carbocycles. The molecule has 0 N–H and O–H groups in total. The van der Waals surface area contributed by atoms with Crippen molar-refractivity contribution in [2.45, 2.75) is 13.3 Å². The van der Waals surface area contributed by atoms with Crippen LogP contribution in [-0.2, 0) is 11.2 Å². The zero-order valence-corrected chi connectivity index (χ0v) is 11.5. The monoisotopic (exact) mass is 267 g/mol. The number of aryl methyl sites for hydroxylation is 1. The minimum absolute atomic E-state index is 0.117. The zero-order valence-electron chi connectivity index (χ0n) is 11.5. The van der Waals surface area contributed by atoms with E-state index in [0.717, 1.165) is 17.0 Å². The molecule has 20 heavy (non-hydrogen) atoms. The van der Waals surface area contributed by atoms with Gasteiger partial charge in [0.2, 0.25) is 5.91 Å². The van der Waals surface area contributed by atoms with Crippen LogP contribution >= 0.6 is 0 Å². The van der Waals surface area contributed by atoms with E-state index < -0.39 is 0 Å². The number of hydrogen-bond donors (Lipinski definition) is 0. The van der Waals surface area contributed by atoms with E-state index in [2.05, 4.69) is 6.07 Å². The summed E-state index contributed by atoms with van der Waals surface area (Å²) in [5, 5.41) is 0. The van der Waals surface area contributed by atoms with Crippen molar-refractivity contribution in [3.8, 4) is 5.75 Å². The van der Waals surface area contributed by atoms with E-state index in [0.29, 0.717) is 19.6 Å². The normalized spacial score (nSPS) is 13.6. The van der Waals surface area contributed by atoms with Crippen molar-refractivity contribution in [1.29, 1.82) is 0 Å². The van der Waals surface area contributed by atoms with E-state index in [-0.39, 0.29) is 5.91 Å². The van der Waals surface area contributed by atoms with E-state index in [9.17, 15) is 4.79 Å². The molecule has 0 unspecified atom stereocenters. The number of amides is 1. The Labute approximate surface area is 118 Å². The molecule has 0 fully saturated rings. The minimum atomic E-state index is 0.117. The zero-order chi connectivity index (χ0) is 13.9. The summed E-state index contributed by atoms with van der Waals surface area (Å²) >= 11 is 0. The molecule has 0 aromatic heterocycles. The van der Waals surface area contributed by atoms with Crippen LogP contribution in [0.5, 0.6) is 5.75 Å². The molecular weight excluding hydrogens is 250 g/mol. The van der Waals surface area contributed by atoms with Crippen molar-refractivity contribution < 1.29 is 9.53 Å². The number of anilines is 1. The highest BCUT2D eigenvalue weighted by Gasteiger charge is 2.23. The average molecular weight is 267 g/mol. The molecule has 0 spiro atoms. The van der Waals surface area contributed by atoms with Crippen molar-refractivity contribution in [1.82, 2.24) is 0 Å². The summed E-state index contributed by atoms with van der Waals surface area (Å²) in [6, 6.07) is 15.8. The Kier molecular flexibility index (Phi) is 3.42. The smallest absolute Gasteiger partial charge is 0.231 e. The number of fused-ring (bicyclic) bond motifs is 1. The van der Waals surface area contributed by atoms with Gasteiger partial charge in [-0.2, -0.15) is 0 Å². The molecule has 1 aliphatic heterocycles. The van der Waals surface area contributed by atoms with Crippen LogP contribution in [0.2, 0.25) is 0 Å². The van der Waals surface area contributed by atoms with Crippen LogP contribution in [0.1, 0.15) is 11.1 Å².